The Balaban J connectivity index is 1.83. The van der Waals surface area contributed by atoms with Crippen molar-refractivity contribution >= 4 is 27.5 Å². The Bertz CT molecular complexity index is 459. The van der Waals surface area contributed by atoms with Crippen LogP contribution in [0.15, 0.2) is 24.3 Å². The summed E-state index contributed by atoms with van der Waals surface area (Å²) in [5.41, 5.74) is 1.17. The maximum absolute atomic E-state index is 12.1. The van der Waals surface area contributed by atoms with Gasteiger partial charge in [0.1, 0.15) is 5.75 Å². The lowest BCUT2D eigenvalue weighted by atomic mass is 10.2. The number of rotatable bonds is 6. The number of carbonyl (C=O) groups is 1. The number of alkyl halides is 1. The van der Waals surface area contributed by atoms with E-state index in [1.54, 1.807) is 7.11 Å². The Hall–Kier alpha value is -1.23. The summed E-state index contributed by atoms with van der Waals surface area (Å²) >= 11 is 3.40. The fourth-order valence-corrected chi connectivity index (χ4v) is 2.95. The van der Waals surface area contributed by atoms with Gasteiger partial charge in [-0.3, -0.25) is 4.79 Å². The molecule has 21 heavy (non-hydrogen) atoms. The van der Waals surface area contributed by atoms with Crippen molar-refractivity contribution in [1.82, 2.24) is 4.90 Å². The molecule has 1 amide bonds. The van der Waals surface area contributed by atoms with Gasteiger partial charge in [-0.15, -0.1) is 0 Å². The summed E-state index contributed by atoms with van der Waals surface area (Å²) in [6.07, 6.45) is 2.71. The molecule has 0 atom stereocenters. The summed E-state index contributed by atoms with van der Waals surface area (Å²) in [5.74, 6) is 1.17. The largest absolute Gasteiger partial charge is 0.497 e. The van der Waals surface area contributed by atoms with Gasteiger partial charge in [-0.1, -0.05) is 22.0 Å². The number of nitrogens with zero attached hydrogens (tertiary/aromatic N) is 2. The number of carbonyl (C=O) groups excluding carboxylic acids is 1. The van der Waals surface area contributed by atoms with Gasteiger partial charge in [0.25, 0.3) is 0 Å². The molecule has 1 aliphatic rings. The number of hydrogen-bond donors (Lipinski definition) is 0. The molecule has 0 aromatic heterocycles. The zero-order valence-electron chi connectivity index (χ0n) is 12.6. The third-order valence-electron chi connectivity index (χ3n) is 3.83. The number of amides is 1. The van der Waals surface area contributed by atoms with E-state index in [1.165, 1.54) is 5.69 Å². The van der Waals surface area contributed by atoms with Crippen LogP contribution in [0.4, 0.5) is 5.69 Å². The van der Waals surface area contributed by atoms with Crippen LogP contribution in [0.25, 0.3) is 0 Å². The number of piperazine rings is 1. The van der Waals surface area contributed by atoms with Crippen molar-refractivity contribution in [1.29, 1.82) is 0 Å². The molecule has 1 aromatic carbocycles. The first-order valence-electron chi connectivity index (χ1n) is 7.47. The Labute approximate surface area is 135 Å². The van der Waals surface area contributed by atoms with Gasteiger partial charge in [0.05, 0.1) is 7.11 Å². The fourth-order valence-electron chi connectivity index (χ4n) is 2.55. The smallest absolute Gasteiger partial charge is 0.222 e. The van der Waals surface area contributed by atoms with Crippen LogP contribution in [-0.2, 0) is 4.79 Å². The van der Waals surface area contributed by atoms with Crippen LogP contribution in [0.2, 0.25) is 0 Å². The summed E-state index contributed by atoms with van der Waals surface area (Å²) in [6, 6.07) is 8.10. The average Bonchev–Trinajstić information content (AvgIpc) is 2.55. The van der Waals surface area contributed by atoms with Gasteiger partial charge < -0.3 is 14.5 Å². The molecule has 0 saturated carbocycles. The zero-order valence-corrected chi connectivity index (χ0v) is 14.1. The number of hydrogen-bond acceptors (Lipinski definition) is 3. The highest BCUT2D eigenvalue weighted by Crippen LogP contribution is 2.22. The van der Waals surface area contributed by atoms with Gasteiger partial charge in [-0.2, -0.15) is 0 Å². The van der Waals surface area contributed by atoms with E-state index in [2.05, 4.69) is 26.9 Å². The summed E-state index contributed by atoms with van der Waals surface area (Å²) in [4.78, 5) is 16.4. The molecule has 1 aromatic rings. The van der Waals surface area contributed by atoms with Crippen LogP contribution in [0.5, 0.6) is 5.75 Å². The van der Waals surface area contributed by atoms with E-state index in [9.17, 15) is 4.79 Å². The van der Waals surface area contributed by atoms with Crippen molar-refractivity contribution in [3.05, 3.63) is 24.3 Å². The number of anilines is 1. The number of halogens is 1. The van der Waals surface area contributed by atoms with Crippen molar-refractivity contribution in [3.63, 3.8) is 0 Å². The lowest BCUT2D eigenvalue weighted by Crippen LogP contribution is -2.48. The number of methoxy groups -OCH3 is 1. The minimum atomic E-state index is 0.293. The van der Waals surface area contributed by atoms with Crippen LogP contribution < -0.4 is 9.64 Å². The lowest BCUT2D eigenvalue weighted by Gasteiger charge is -2.36. The van der Waals surface area contributed by atoms with E-state index in [0.717, 1.165) is 50.1 Å². The average molecular weight is 355 g/mol. The molecular weight excluding hydrogens is 332 g/mol. The quantitative estimate of drug-likeness (QED) is 0.581. The minimum absolute atomic E-state index is 0.293. The summed E-state index contributed by atoms with van der Waals surface area (Å²) in [6.45, 7) is 3.39. The molecule has 0 spiro atoms. The van der Waals surface area contributed by atoms with E-state index in [4.69, 9.17) is 4.74 Å². The monoisotopic (exact) mass is 354 g/mol. The van der Waals surface area contributed by atoms with E-state index in [1.807, 2.05) is 23.1 Å². The molecule has 4 nitrogen and oxygen atoms in total. The van der Waals surface area contributed by atoms with Crippen LogP contribution in [0, 0.1) is 0 Å². The van der Waals surface area contributed by atoms with Gasteiger partial charge >= 0.3 is 0 Å². The Morgan fingerprint density at radius 1 is 1.24 bits per heavy atom. The second kappa shape index (κ2) is 8.27. The predicted octanol–water partition coefficient (Wildman–Crippen LogP) is 2.91. The molecule has 5 heteroatoms. The first-order valence-corrected chi connectivity index (χ1v) is 8.59. The third kappa shape index (κ3) is 4.63. The first-order chi connectivity index (χ1) is 10.2. The van der Waals surface area contributed by atoms with Crippen molar-refractivity contribution in [2.75, 3.05) is 43.5 Å². The number of unbranched alkanes of at least 4 members (excludes halogenated alkanes) is 1. The molecule has 1 heterocycles. The maximum Gasteiger partial charge on any atom is 0.222 e. The molecule has 2 rings (SSSR count). The first kappa shape index (κ1) is 16.1. The van der Waals surface area contributed by atoms with E-state index < -0.39 is 0 Å². The molecule has 0 unspecified atom stereocenters. The molecule has 0 radical (unpaired) electrons. The van der Waals surface area contributed by atoms with Crippen LogP contribution >= 0.6 is 15.9 Å². The van der Waals surface area contributed by atoms with Crippen LogP contribution in [0.3, 0.4) is 0 Å². The van der Waals surface area contributed by atoms with E-state index >= 15 is 0 Å². The second-order valence-corrected chi connectivity index (χ2v) is 6.01. The normalized spacial score (nSPS) is 15.1. The SMILES string of the molecule is COc1cccc(N2CCN(C(=O)CCCCBr)CC2)c1. The molecule has 0 N–H and O–H groups in total. The Morgan fingerprint density at radius 3 is 2.67 bits per heavy atom. The molecular formula is C16H23BrN2O2. The van der Waals surface area contributed by atoms with Crippen molar-refractivity contribution in [2.24, 2.45) is 0 Å². The van der Waals surface area contributed by atoms with Gasteiger partial charge in [0.15, 0.2) is 0 Å². The zero-order chi connectivity index (χ0) is 15.1. The van der Waals surface area contributed by atoms with Crippen molar-refractivity contribution in [3.8, 4) is 5.75 Å². The number of benzene rings is 1. The second-order valence-electron chi connectivity index (χ2n) is 5.22. The highest BCUT2D eigenvalue weighted by atomic mass is 79.9. The van der Waals surface area contributed by atoms with Crippen molar-refractivity contribution < 1.29 is 9.53 Å². The third-order valence-corrected chi connectivity index (χ3v) is 4.39. The van der Waals surface area contributed by atoms with E-state index in [-0.39, 0.29) is 0 Å². The molecule has 116 valence electrons. The van der Waals surface area contributed by atoms with Gasteiger partial charge in [0, 0.05) is 49.7 Å². The molecule has 0 aliphatic carbocycles. The minimum Gasteiger partial charge on any atom is -0.497 e. The molecule has 0 bridgehead atoms. The standard InChI is InChI=1S/C16H23BrN2O2/c1-21-15-6-4-5-14(13-15)18-9-11-19(12-10-18)16(20)7-2-3-8-17/h4-6,13H,2-3,7-12H2,1H3. The lowest BCUT2D eigenvalue weighted by molar-refractivity contribution is -0.131. The fraction of sp³-hybridized carbons (Fsp3) is 0.562. The predicted molar refractivity (Wildman–Crippen MR) is 89.4 cm³/mol. The highest BCUT2D eigenvalue weighted by Gasteiger charge is 2.20. The Morgan fingerprint density at radius 2 is 2.00 bits per heavy atom. The molecule has 1 fully saturated rings. The summed E-state index contributed by atoms with van der Waals surface area (Å²) in [5, 5.41) is 0.976. The van der Waals surface area contributed by atoms with Gasteiger partial charge in [-0.05, 0) is 25.0 Å². The summed E-state index contributed by atoms with van der Waals surface area (Å²) < 4.78 is 5.26. The van der Waals surface area contributed by atoms with Crippen molar-refractivity contribution in [2.45, 2.75) is 19.3 Å². The topological polar surface area (TPSA) is 32.8 Å². The van der Waals surface area contributed by atoms with Crippen LogP contribution in [-0.4, -0.2) is 49.4 Å². The number of ether oxygens (including phenoxy) is 1. The highest BCUT2D eigenvalue weighted by molar-refractivity contribution is 9.09. The van der Waals surface area contributed by atoms with Gasteiger partial charge in [-0.25, -0.2) is 0 Å². The Kier molecular flexibility index (Phi) is 6.36. The van der Waals surface area contributed by atoms with Crippen LogP contribution in [0.1, 0.15) is 19.3 Å². The maximum atomic E-state index is 12.1. The molecule has 1 aliphatic heterocycles. The van der Waals surface area contributed by atoms with Gasteiger partial charge in [0.2, 0.25) is 5.91 Å². The van der Waals surface area contributed by atoms with E-state index in [0.29, 0.717) is 12.3 Å². The summed E-state index contributed by atoms with van der Waals surface area (Å²) in [7, 11) is 1.68. The molecule has 1 saturated heterocycles.